The molecule has 0 aliphatic rings. The second kappa shape index (κ2) is 8.11. The molecule has 6 heteroatoms. The summed E-state index contributed by atoms with van der Waals surface area (Å²) in [5.41, 5.74) is 4.45. The van der Waals surface area contributed by atoms with Crippen LogP contribution in [0.4, 0.5) is 17.3 Å². The van der Waals surface area contributed by atoms with Gasteiger partial charge < -0.3 is 10.6 Å². The van der Waals surface area contributed by atoms with Gasteiger partial charge in [0, 0.05) is 17.6 Å². The minimum atomic E-state index is -0.365. The molecule has 0 saturated heterocycles. The fourth-order valence-electron chi connectivity index (χ4n) is 2.72. The lowest BCUT2D eigenvalue weighted by Crippen LogP contribution is -2.15. The highest BCUT2D eigenvalue weighted by molar-refractivity contribution is 6.03. The number of aromatic nitrogens is 2. The topological polar surface area (TPSA) is 90.7 Å². The summed E-state index contributed by atoms with van der Waals surface area (Å²) in [6.07, 6.45) is 2.42. The lowest BCUT2D eigenvalue weighted by Gasteiger charge is -2.13. The summed E-state index contributed by atoms with van der Waals surface area (Å²) in [6.45, 7) is 4.10. The van der Waals surface area contributed by atoms with Gasteiger partial charge in [-0.1, -0.05) is 31.2 Å². The molecule has 0 bridgehead atoms. The average molecular weight is 357 g/mol. The summed E-state index contributed by atoms with van der Waals surface area (Å²) < 4.78 is 0. The molecular weight excluding hydrogens is 338 g/mol. The van der Waals surface area contributed by atoms with Crippen LogP contribution in [0.5, 0.6) is 0 Å². The molecule has 134 valence electrons. The van der Waals surface area contributed by atoms with Gasteiger partial charge >= 0.3 is 0 Å². The molecule has 0 unspecified atom stereocenters. The summed E-state index contributed by atoms with van der Waals surface area (Å²) >= 11 is 0. The molecule has 0 aliphatic heterocycles. The first-order valence-corrected chi connectivity index (χ1v) is 8.60. The highest BCUT2D eigenvalue weighted by Crippen LogP contribution is 2.23. The van der Waals surface area contributed by atoms with Crippen LogP contribution in [0, 0.1) is 18.3 Å². The molecule has 1 aromatic heterocycles. The molecule has 2 N–H and O–H groups in total. The summed E-state index contributed by atoms with van der Waals surface area (Å²) in [6, 6.07) is 16.4. The Morgan fingerprint density at radius 1 is 1.19 bits per heavy atom. The molecule has 6 nitrogen and oxygen atoms in total. The maximum Gasteiger partial charge on any atom is 0.274 e. The van der Waals surface area contributed by atoms with Gasteiger partial charge in [0.25, 0.3) is 5.91 Å². The van der Waals surface area contributed by atoms with Crippen molar-refractivity contribution in [3.63, 3.8) is 0 Å². The summed E-state index contributed by atoms with van der Waals surface area (Å²) in [7, 11) is 0. The number of hydrogen-bond donors (Lipinski definition) is 2. The van der Waals surface area contributed by atoms with E-state index in [1.54, 1.807) is 36.5 Å². The fraction of sp³-hybridized carbons (Fsp3) is 0.143. The molecule has 3 aromatic rings. The molecule has 1 heterocycles. The normalized spacial score (nSPS) is 10.1. The Morgan fingerprint density at radius 3 is 2.78 bits per heavy atom. The number of rotatable bonds is 5. The van der Waals surface area contributed by atoms with Crippen LogP contribution in [0.1, 0.15) is 34.1 Å². The van der Waals surface area contributed by atoms with Crippen molar-refractivity contribution < 1.29 is 4.79 Å². The van der Waals surface area contributed by atoms with Gasteiger partial charge in [-0.3, -0.25) is 4.79 Å². The smallest absolute Gasteiger partial charge is 0.274 e. The monoisotopic (exact) mass is 357 g/mol. The summed E-state index contributed by atoms with van der Waals surface area (Å²) in [5, 5.41) is 14.9. The summed E-state index contributed by atoms with van der Waals surface area (Å²) in [5.74, 6) is -0.00605. The van der Waals surface area contributed by atoms with E-state index in [0.29, 0.717) is 17.2 Å². The first-order valence-electron chi connectivity index (χ1n) is 8.60. The molecule has 0 radical (unpaired) electrons. The minimum absolute atomic E-state index is 0.237. The first-order chi connectivity index (χ1) is 13.1. The van der Waals surface area contributed by atoms with Crippen LogP contribution in [0.2, 0.25) is 0 Å². The Morgan fingerprint density at radius 2 is 2.00 bits per heavy atom. The van der Waals surface area contributed by atoms with Crippen LogP contribution in [-0.4, -0.2) is 15.9 Å². The lowest BCUT2D eigenvalue weighted by atomic mass is 10.1. The van der Waals surface area contributed by atoms with E-state index in [-0.39, 0.29) is 11.6 Å². The highest BCUT2D eigenvalue weighted by atomic mass is 16.1. The van der Waals surface area contributed by atoms with Crippen molar-refractivity contribution in [1.29, 1.82) is 5.26 Å². The molecule has 1 amide bonds. The largest absolute Gasteiger partial charge is 0.324 e. The molecule has 0 aliphatic carbocycles. The predicted molar refractivity (Wildman–Crippen MR) is 105 cm³/mol. The number of carbonyl (C=O) groups excluding carboxylic acids is 1. The molecular formula is C21H19N5O. The third kappa shape index (κ3) is 4.28. The van der Waals surface area contributed by atoms with Crippen molar-refractivity contribution in [3.8, 4) is 6.07 Å². The van der Waals surface area contributed by atoms with Crippen molar-refractivity contribution >= 4 is 23.2 Å². The second-order valence-corrected chi connectivity index (χ2v) is 6.00. The van der Waals surface area contributed by atoms with Crippen LogP contribution >= 0.6 is 0 Å². The van der Waals surface area contributed by atoms with E-state index >= 15 is 0 Å². The van der Waals surface area contributed by atoms with Gasteiger partial charge in [0.2, 0.25) is 5.95 Å². The van der Waals surface area contributed by atoms with Crippen molar-refractivity contribution in [1.82, 2.24) is 9.97 Å². The zero-order chi connectivity index (χ0) is 19.2. The van der Waals surface area contributed by atoms with Crippen molar-refractivity contribution in [2.24, 2.45) is 0 Å². The van der Waals surface area contributed by atoms with Crippen molar-refractivity contribution in [3.05, 3.63) is 77.1 Å². The van der Waals surface area contributed by atoms with Gasteiger partial charge in [0.05, 0.1) is 11.6 Å². The fourth-order valence-corrected chi connectivity index (χ4v) is 2.72. The van der Waals surface area contributed by atoms with Crippen LogP contribution in [0.3, 0.4) is 0 Å². The molecule has 27 heavy (non-hydrogen) atoms. The maximum absolute atomic E-state index is 12.5. The Balaban J connectivity index is 1.81. The van der Waals surface area contributed by atoms with E-state index in [2.05, 4.69) is 27.5 Å². The Kier molecular flexibility index (Phi) is 5.43. The molecule has 2 aromatic carbocycles. The maximum atomic E-state index is 12.5. The van der Waals surface area contributed by atoms with Gasteiger partial charge in [0.15, 0.2) is 0 Å². The van der Waals surface area contributed by atoms with E-state index < -0.39 is 0 Å². The standard InChI is InChI=1S/C21H19N5O/c1-3-16-8-4-6-14(2)19(16)26-21-23-11-10-18(25-21)20(27)24-17-9-5-7-15(12-17)13-22/h4-12H,3H2,1-2H3,(H,24,27)(H,23,25,26). The molecule has 0 spiro atoms. The van der Waals surface area contributed by atoms with Gasteiger partial charge in [0.1, 0.15) is 5.69 Å². The number of carbonyl (C=O) groups is 1. The van der Waals surface area contributed by atoms with Crippen LogP contribution in [0.15, 0.2) is 54.7 Å². The van der Waals surface area contributed by atoms with Gasteiger partial charge in [-0.2, -0.15) is 5.26 Å². The number of hydrogen-bond acceptors (Lipinski definition) is 5. The van der Waals surface area contributed by atoms with E-state index in [4.69, 9.17) is 5.26 Å². The minimum Gasteiger partial charge on any atom is -0.324 e. The number of para-hydroxylation sites is 1. The van der Waals surface area contributed by atoms with Crippen LogP contribution in [-0.2, 0) is 6.42 Å². The number of benzene rings is 2. The number of nitriles is 1. The third-order valence-corrected chi connectivity index (χ3v) is 4.11. The zero-order valence-electron chi connectivity index (χ0n) is 15.2. The van der Waals surface area contributed by atoms with Crippen molar-refractivity contribution in [2.45, 2.75) is 20.3 Å². The predicted octanol–water partition coefficient (Wildman–Crippen LogP) is 4.22. The van der Waals surface area contributed by atoms with Crippen molar-refractivity contribution in [2.75, 3.05) is 10.6 Å². The highest BCUT2D eigenvalue weighted by Gasteiger charge is 2.11. The first kappa shape index (κ1) is 18.1. The summed E-state index contributed by atoms with van der Waals surface area (Å²) in [4.78, 5) is 21.0. The lowest BCUT2D eigenvalue weighted by molar-refractivity contribution is 0.102. The number of aryl methyl sites for hydroxylation is 2. The van der Waals surface area contributed by atoms with Crippen LogP contribution < -0.4 is 10.6 Å². The Bertz CT molecular complexity index is 1020. The zero-order valence-corrected chi connectivity index (χ0v) is 15.2. The van der Waals surface area contributed by atoms with Crippen LogP contribution in [0.25, 0.3) is 0 Å². The number of nitrogens with zero attached hydrogens (tertiary/aromatic N) is 3. The SMILES string of the molecule is CCc1cccc(C)c1Nc1nccc(C(=O)Nc2cccc(C#N)c2)n1. The quantitative estimate of drug-likeness (QED) is 0.713. The van der Waals surface area contributed by atoms with E-state index in [1.807, 2.05) is 31.2 Å². The average Bonchev–Trinajstić information content (AvgIpc) is 2.70. The van der Waals surface area contributed by atoms with Gasteiger partial charge in [-0.15, -0.1) is 0 Å². The van der Waals surface area contributed by atoms with E-state index in [9.17, 15) is 4.79 Å². The Hall–Kier alpha value is -3.72. The molecule has 0 fully saturated rings. The Labute approximate surface area is 157 Å². The number of anilines is 3. The second-order valence-electron chi connectivity index (χ2n) is 6.00. The van der Waals surface area contributed by atoms with E-state index in [0.717, 1.165) is 23.2 Å². The number of amides is 1. The molecule has 0 atom stereocenters. The van der Waals surface area contributed by atoms with Gasteiger partial charge in [-0.05, 0) is 48.7 Å². The molecule has 3 rings (SSSR count). The third-order valence-electron chi connectivity index (χ3n) is 4.11. The van der Waals surface area contributed by atoms with E-state index in [1.165, 1.54) is 0 Å². The number of nitrogens with one attached hydrogen (secondary N) is 2. The molecule has 0 saturated carbocycles. The van der Waals surface area contributed by atoms with Gasteiger partial charge in [-0.25, -0.2) is 9.97 Å².